The molecule has 0 bridgehead atoms. The minimum atomic E-state index is -0.862. The standard InChI is InChI=1S/C17H19BrN2O2S/c18-16-5-4-15(23-16)12-20-8-6-19(7-9-20)11-13-2-1-3-14(10-13)17(21)22/h1-5,10H,6-9,11-12H2,(H,21,22). The first-order valence-electron chi connectivity index (χ1n) is 7.61. The molecule has 1 saturated heterocycles. The number of hydrogen-bond acceptors (Lipinski definition) is 4. The van der Waals surface area contributed by atoms with Crippen molar-refractivity contribution in [1.82, 2.24) is 9.80 Å². The number of carboxylic acids is 1. The molecule has 1 aliphatic heterocycles. The Labute approximate surface area is 148 Å². The van der Waals surface area contributed by atoms with Crippen LogP contribution in [0.15, 0.2) is 40.2 Å². The summed E-state index contributed by atoms with van der Waals surface area (Å²) >= 11 is 5.30. The molecule has 2 heterocycles. The van der Waals surface area contributed by atoms with E-state index in [2.05, 4.69) is 37.9 Å². The maximum Gasteiger partial charge on any atom is 0.335 e. The van der Waals surface area contributed by atoms with Crippen LogP contribution in [0, 0.1) is 0 Å². The van der Waals surface area contributed by atoms with Crippen LogP contribution in [0.25, 0.3) is 0 Å². The third kappa shape index (κ3) is 4.64. The molecule has 0 spiro atoms. The Kier molecular flexibility index (Phi) is 5.48. The number of benzene rings is 1. The third-order valence-electron chi connectivity index (χ3n) is 4.05. The lowest BCUT2D eigenvalue weighted by atomic mass is 10.1. The Balaban J connectivity index is 1.51. The van der Waals surface area contributed by atoms with Crippen LogP contribution in [0.1, 0.15) is 20.8 Å². The molecule has 0 radical (unpaired) electrons. The van der Waals surface area contributed by atoms with Crippen LogP contribution in [-0.2, 0) is 13.1 Å². The average molecular weight is 395 g/mol. The molecule has 23 heavy (non-hydrogen) atoms. The maximum atomic E-state index is 11.0. The topological polar surface area (TPSA) is 43.8 Å². The Morgan fingerprint density at radius 3 is 2.39 bits per heavy atom. The zero-order chi connectivity index (χ0) is 16.2. The van der Waals surface area contributed by atoms with Crippen molar-refractivity contribution in [2.24, 2.45) is 0 Å². The average Bonchev–Trinajstić information content (AvgIpc) is 2.94. The van der Waals surface area contributed by atoms with E-state index in [1.54, 1.807) is 23.5 Å². The van der Waals surface area contributed by atoms with Crippen LogP contribution in [0.4, 0.5) is 0 Å². The van der Waals surface area contributed by atoms with Crippen molar-refractivity contribution in [1.29, 1.82) is 0 Å². The lowest BCUT2D eigenvalue weighted by Gasteiger charge is -2.34. The highest BCUT2D eigenvalue weighted by atomic mass is 79.9. The lowest BCUT2D eigenvalue weighted by Crippen LogP contribution is -2.45. The highest BCUT2D eigenvalue weighted by Crippen LogP contribution is 2.23. The minimum absolute atomic E-state index is 0.365. The molecule has 1 aromatic heterocycles. The van der Waals surface area contributed by atoms with E-state index in [0.717, 1.165) is 44.8 Å². The smallest absolute Gasteiger partial charge is 0.335 e. The molecule has 6 heteroatoms. The number of thiophene rings is 1. The van der Waals surface area contributed by atoms with Gasteiger partial charge in [-0.15, -0.1) is 11.3 Å². The number of piperazine rings is 1. The SMILES string of the molecule is O=C(O)c1cccc(CN2CCN(Cc3ccc(Br)s3)CC2)c1. The van der Waals surface area contributed by atoms with Crippen LogP contribution >= 0.6 is 27.3 Å². The molecule has 1 fully saturated rings. The zero-order valence-corrected chi connectivity index (χ0v) is 15.1. The van der Waals surface area contributed by atoms with Crippen molar-refractivity contribution in [2.75, 3.05) is 26.2 Å². The largest absolute Gasteiger partial charge is 0.478 e. The number of nitrogens with zero attached hydrogens (tertiary/aromatic N) is 2. The zero-order valence-electron chi connectivity index (χ0n) is 12.7. The number of carboxylic acid groups (broad SMARTS) is 1. The van der Waals surface area contributed by atoms with Gasteiger partial charge in [-0.1, -0.05) is 12.1 Å². The van der Waals surface area contributed by atoms with E-state index in [0.29, 0.717) is 5.56 Å². The van der Waals surface area contributed by atoms with Crippen LogP contribution < -0.4 is 0 Å². The van der Waals surface area contributed by atoms with E-state index < -0.39 is 5.97 Å². The van der Waals surface area contributed by atoms with Gasteiger partial charge in [-0.25, -0.2) is 4.79 Å². The van der Waals surface area contributed by atoms with Crippen molar-refractivity contribution in [2.45, 2.75) is 13.1 Å². The second-order valence-corrected chi connectivity index (χ2v) is 8.31. The van der Waals surface area contributed by atoms with Gasteiger partial charge in [0.15, 0.2) is 0 Å². The van der Waals surface area contributed by atoms with Crippen molar-refractivity contribution < 1.29 is 9.90 Å². The Morgan fingerprint density at radius 1 is 1.09 bits per heavy atom. The summed E-state index contributed by atoms with van der Waals surface area (Å²) in [6.45, 7) is 5.97. The predicted molar refractivity (Wildman–Crippen MR) is 96.0 cm³/mol. The summed E-state index contributed by atoms with van der Waals surface area (Å²) in [5.41, 5.74) is 1.44. The van der Waals surface area contributed by atoms with E-state index in [9.17, 15) is 4.79 Å². The van der Waals surface area contributed by atoms with Gasteiger partial charge in [0.05, 0.1) is 9.35 Å². The van der Waals surface area contributed by atoms with Gasteiger partial charge in [0.1, 0.15) is 0 Å². The van der Waals surface area contributed by atoms with E-state index >= 15 is 0 Å². The Morgan fingerprint density at radius 2 is 1.78 bits per heavy atom. The minimum Gasteiger partial charge on any atom is -0.478 e. The fraction of sp³-hybridized carbons (Fsp3) is 0.353. The molecule has 0 saturated carbocycles. The van der Waals surface area contributed by atoms with E-state index in [4.69, 9.17) is 5.11 Å². The monoisotopic (exact) mass is 394 g/mol. The second-order valence-electron chi connectivity index (χ2n) is 5.76. The van der Waals surface area contributed by atoms with Gasteiger partial charge < -0.3 is 5.11 Å². The van der Waals surface area contributed by atoms with Gasteiger partial charge in [-0.3, -0.25) is 9.80 Å². The molecular weight excluding hydrogens is 376 g/mol. The van der Waals surface area contributed by atoms with Gasteiger partial charge in [0, 0.05) is 44.1 Å². The molecule has 0 amide bonds. The Bertz CT molecular complexity index is 681. The summed E-state index contributed by atoms with van der Waals surface area (Å²) in [4.78, 5) is 17.3. The number of hydrogen-bond donors (Lipinski definition) is 1. The van der Waals surface area contributed by atoms with E-state index in [1.165, 1.54) is 8.66 Å². The summed E-state index contributed by atoms with van der Waals surface area (Å²) in [5, 5.41) is 9.07. The molecular formula is C17H19BrN2O2S. The first kappa shape index (κ1) is 16.6. The van der Waals surface area contributed by atoms with E-state index in [-0.39, 0.29) is 0 Å². The number of carbonyl (C=O) groups is 1. The number of rotatable bonds is 5. The van der Waals surface area contributed by atoms with Gasteiger partial charge in [0.25, 0.3) is 0 Å². The summed E-state index contributed by atoms with van der Waals surface area (Å²) in [5.74, 6) is -0.862. The maximum absolute atomic E-state index is 11.0. The first-order chi connectivity index (χ1) is 11.1. The molecule has 0 aliphatic carbocycles. The number of aromatic carboxylic acids is 1. The third-order valence-corrected chi connectivity index (χ3v) is 5.66. The molecule has 2 aromatic rings. The lowest BCUT2D eigenvalue weighted by molar-refractivity contribution is 0.0696. The van der Waals surface area contributed by atoms with Crippen molar-refractivity contribution in [3.05, 3.63) is 56.2 Å². The Hall–Kier alpha value is -1.21. The molecule has 122 valence electrons. The predicted octanol–water partition coefficient (Wildman–Crippen LogP) is 3.53. The molecule has 1 aromatic carbocycles. The van der Waals surface area contributed by atoms with Gasteiger partial charge in [-0.05, 0) is 45.8 Å². The normalized spacial score (nSPS) is 16.6. The van der Waals surface area contributed by atoms with E-state index in [1.807, 2.05) is 12.1 Å². The summed E-state index contributed by atoms with van der Waals surface area (Å²) in [6, 6.07) is 11.5. The molecule has 0 atom stereocenters. The summed E-state index contributed by atoms with van der Waals surface area (Å²) < 4.78 is 1.18. The van der Waals surface area contributed by atoms with Crippen LogP contribution in [-0.4, -0.2) is 47.1 Å². The molecule has 1 N–H and O–H groups in total. The molecule has 0 unspecified atom stereocenters. The summed E-state index contributed by atoms with van der Waals surface area (Å²) in [7, 11) is 0. The fourth-order valence-corrected chi connectivity index (χ4v) is 4.35. The van der Waals surface area contributed by atoms with Gasteiger partial charge >= 0.3 is 5.97 Å². The van der Waals surface area contributed by atoms with Crippen LogP contribution in [0.5, 0.6) is 0 Å². The molecule has 1 aliphatic rings. The second kappa shape index (κ2) is 7.57. The highest BCUT2D eigenvalue weighted by Gasteiger charge is 2.18. The van der Waals surface area contributed by atoms with Crippen molar-refractivity contribution in [3.63, 3.8) is 0 Å². The molecule has 4 nitrogen and oxygen atoms in total. The van der Waals surface area contributed by atoms with Crippen molar-refractivity contribution in [3.8, 4) is 0 Å². The first-order valence-corrected chi connectivity index (χ1v) is 9.22. The highest BCUT2D eigenvalue weighted by molar-refractivity contribution is 9.11. The quantitative estimate of drug-likeness (QED) is 0.842. The molecule has 3 rings (SSSR count). The van der Waals surface area contributed by atoms with Gasteiger partial charge in [0.2, 0.25) is 0 Å². The number of halogens is 1. The fourth-order valence-electron chi connectivity index (χ4n) is 2.82. The van der Waals surface area contributed by atoms with Crippen molar-refractivity contribution >= 4 is 33.2 Å². The van der Waals surface area contributed by atoms with Crippen LogP contribution in [0.3, 0.4) is 0 Å². The van der Waals surface area contributed by atoms with Gasteiger partial charge in [-0.2, -0.15) is 0 Å². The van der Waals surface area contributed by atoms with Crippen LogP contribution in [0.2, 0.25) is 0 Å². The summed E-state index contributed by atoms with van der Waals surface area (Å²) in [6.07, 6.45) is 0.